The Hall–Kier alpha value is -0.870. The summed E-state index contributed by atoms with van der Waals surface area (Å²) in [6.07, 6.45) is 4.63. The lowest BCUT2D eigenvalue weighted by Crippen LogP contribution is -2.45. The van der Waals surface area contributed by atoms with E-state index in [0.29, 0.717) is 12.5 Å². The lowest BCUT2D eigenvalue weighted by atomic mass is 9.83. The Morgan fingerprint density at radius 2 is 2.10 bits per heavy atom. The van der Waals surface area contributed by atoms with Crippen LogP contribution in [0.4, 0.5) is 0 Å². The summed E-state index contributed by atoms with van der Waals surface area (Å²) in [5, 5.41) is 0. The molecule has 1 aromatic rings. The molecule has 2 atom stereocenters. The lowest BCUT2D eigenvalue weighted by Gasteiger charge is -2.37. The van der Waals surface area contributed by atoms with Crippen LogP contribution in [0.5, 0.6) is 0 Å². The SMILES string of the molecule is Cc1ccc(C(=O)N(C)C2CCCCC2CN)cc1Br. The van der Waals surface area contributed by atoms with E-state index in [-0.39, 0.29) is 11.9 Å². The molecule has 3 nitrogen and oxygen atoms in total. The van der Waals surface area contributed by atoms with Gasteiger partial charge in [-0.3, -0.25) is 4.79 Å². The number of amides is 1. The van der Waals surface area contributed by atoms with E-state index >= 15 is 0 Å². The molecule has 4 heteroatoms. The van der Waals surface area contributed by atoms with Crippen LogP contribution in [0.15, 0.2) is 22.7 Å². The summed E-state index contributed by atoms with van der Waals surface area (Å²) in [7, 11) is 1.91. The van der Waals surface area contributed by atoms with Crippen molar-refractivity contribution >= 4 is 21.8 Å². The van der Waals surface area contributed by atoms with Gasteiger partial charge in [-0.2, -0.15) is 0 Å². The minimum atomic E-state index is 0.0936. The monoisotopic (exact) mass is 338 g/mol. The summed E-state index contributed by atoms with van der Waals surface area (Å²) in [5.41, 5.74) is 7.75. The first-order chi connectivity index (χ1) is 9.54. The predicted octanol–water partition coefficient (Wildman–Crippen LogP) is 3.35. The molecule has 0 aliphatic heterocycles. The minimum absolute atomic E-state index is 0.0936. The van der Waals surface area contributed by atoms with Gasteiger partial charge in [0.15, 0.2) is 0 Å². The van der Waals surface area contributed by atoms with Gasteiger partial charge in [0.1, 0.15) is 0 Å². The molecule has 20 heavy (non-hydrogen) atoms. The van der Waals surface area contributed by atoms with Crippen LogP contribution in [0.25, 0.3) is 0 Å². The average molecular weight is 339 g/mol. The van der Waals surface area contributed by atoms with E-state index in [9.17, 15) is 4.79 Å². The highest BCUT2D eigenvalue weighted by Crippen LogP contribution is 2.28. The number of carbonyl (C=O) groups excluding carboxylic acids is 1. The fraction of sp³-hybridized carbons (Fsp3) is 0.562. The number of nitrogens with zero attached hydrogens (tertiary/aromatic N) is 1. The molecule has 1 amide bonds. The number of rotatable bonds is 3. The van der Waals surface area contributed by atoms with Crippen LogP contribution in [0, 0.1) is 12.8 Å². The second kappa shape index (κ2) is 6.72. The van der Waals surface area contributed by atoms with Gasteiger partial charge in [-0.15, -0.1) is 0 Å². The van der Waals surface area contributed by atoms with Crippen molar-refractivity contribution in [1.29, 1.82) is 0 Å². The van der Waals surface area contributed by atoms with Crippen molar-refractivity contribution in [3.05, 3.63) is 33.8 Å². The van der Waals surface area contributed by atoms with Crippen molar-refractivity contribution in [3.8, 4) is 0 Å². The van der Waals surface area contributed by atoms with E-state index in [1.54, 1.807) is 0 Å². The number of hydrogen-bond donors (Lipinski definition) is 1. The van der Waals surface area contributed by atoms with Crippen LogP contribution in [0.1, 0.15) is 41.6 Å². The Morgan fingerprint density at radius 3 is 2.75 bits per heavy atom. The molecule has 110 valence electrons. The van der Waals surface area contributed by atoms with Gasteiger partial charge in [-0.1, -0.05) is 34.8 Å². The summed E-state index contributed by atoms with van der Waals surface area (Å²) in [6.45, 7) is 2.69. The smallest absolute Gasteiger partial charge is 0.253 e. The standard InChI is InChI=1S/C16H23BrN2O/c1-11-7-8-12(9-14(11)17)16(20)19(2)15-6-4-3-5-13(15)10-18/h7-9,13,15H,3-6,10,18H2,1-2H3. The van der Waals surface area contributed by atoms with Gasteiger partial charge in [0.25, 0.3) is 5.91 Å². The third-order valence-corrected chi connectivity index (χ3v) is 5.26. The summed E-state index contributed by atoms with van der Waals surface area (Å²) in [4.78, 5) is 14.5. The largest absolute Gasteiger partial charge is 0.338 e. The Kier molecular flexibility index (Phi) is 5.22. The van der Waals surface area contributed by atoms with Crippen molar-refractivity contribution in [2.24, 2.45) is 11.7 Å². The highest BCUT2D eigenvalue weighted by molar-refractivity contribution is 9.10. The molecule has 0 radical (unpaired) electrons. The molecule has 0 saturated heterocycles. The maximum Gasteiger partial charge on any atom is 0.253 e. The fourth-order valence-electron chi connectivity index (χ4n) is 3.05. The second-order valence-electron chi connectivity index (χ2n) is 5.73. The summed E-state index contributed by atoms with van der Waals surface area (Å²) < 4.78 is 0.982. The van der Waals surface area contributed by atoms with Crippen molar-refractivity contribution in [1.82, 2.24) is 4.90 Å². The van der Waals surface area contributed by atoms with Crippen molar-refractivity contribution < 1.29 is 4.79 Å². The van der Waals surface area contributed by atoms with Crippen LogP contribution in [0.3, 0.4) is 0 Å². The molecule has 2 rings (SSSR count). The number of aryl methyl sites for hydroxylation is 1. The van der Waals surface area contributed by atoms with E-state index < -0.39 is 0 Å². The lowest BCUT2D eigenvalue weighted by molar-refractivity contribution is 0.0620. The fourth-order valence-corrected chi connectivity index (χ4v) is 3.43. The van der Waals surface area contributed by atoms with Gasteiger partial charge >= 0.3 is 0 Å². The molecule has 1 aliphatic rings. The molecule has 0 heterocycles. The van der Waals surface area contributed by atoms with Gasteiger partial charge in [-0.25, -0.2) is 0 Å². The molecule has 0 bridgehead atoms. The highest BCUT2D eigenvalue weighted by atomic mass is 79.9. The molecule has 2 unspecified atom stereocenters. The number of benzene rings is 1. The Balaban J connectivity index is 2.16. The van der Waals surface area contributed by atoms with Crippen molar-refractivity contribution in [2.75, 3.05) is 13.6 Å². The van der Waals surface area contributed by atoms with E-state index in [1.807, 2.05) is 37.1 Å². The molecule has 2 N–H and O–H groups in total. The molecule has 0 spiro atoms. The first-order valence-electron chi connectivity index (χ1n) is 7.28. The zero-order chi connectivity index (χ0) is 14.7. The zero-order valence-electron chi connectivity index (χ0n) is 12.2. The quantitative estimate of drug-likeness (QED) is 0.918. The summed E-state index contributed by atoms with van der Waals surface area (Å²) >= 11 is 3.49. The van der Waals surface area contributed by atoms with Crippen molar-refractivity contribution in [3.63, 3.8) is 0 Å². The first-order valence-corrected chi connectivity index (χ1v) is 8.07. The zero-order valence-corrected chi connectivity index (χ0v) is 13.8. The van der Waals surface area contributed by atoms with Crippen LogP contribution in [0.2, 0.25) is 0 Å². The van der Waals surface area contributed by atoms with Gasteiger partial charge in [0, 0.05) is 23.1 Å². The minimum Gasteiger partial charge on any atom is -0.338 e. The number of hydrogen-bond acceptors (Lipinski definition) is 2. The molecule has 1 fully saturated rings. The molecule has 1 aromatic carbocycles. The summed E-state index contributed by atoms with van der Waals surface area (Å²) in [6, 6.07) is 6.07. The van der Waals surface area contributed by atoms with Gasteiger partial charge in [0.05, 0.1) is 0 Å². The Bertz CT molecular complexity index is 489. The van der Waals surface area contributed by atoms with Crippen LogP contribution in [-0.2, 0) is 0 Å². The second-order valence-corrected chi connectivity index (χ2v) is 6.58. The van der Waals surface area contributed by atoms with Gasteiger partial charge < -0.3 is 10.6 Å². The van der Waals surface area contributed by atoms with E-state index in [1.165, 1.54) is 12.8 Å². The number of halogens is 1. The maximum absolute atomic E-state index is 12.6. The summed E-state index contributed by atoms with van der Waals surface area (Å²) in [5.74, 6) is 0.530. The third kappa shape index (κ3) is 3.23. The average Bonchev–Trinajstić information content (AvgIpc) is 2.48. The molecule has 1 aliphatic carbocycles. The van der Waals surface area contributed by atoms with Crippen LogP contribution in [-0.4, -0.2) is 30.4 Å². The molecule has 0 aromatic heterocycles. The van der Waals surface area contributed by atoms with E-state index in [2.05, 4.69) is 15.9 Å². The van der Waals surface area contributed by atoms with E-state index in [4.69, 9.17) is 5.73 Å². The Morgan fingerprint density at radius 1 is 1.40 bits per heavy atom. The highest BCUT2D eigenvalue weighted by Gasteiger charge is 2.30. The normalized spacial score (nSPS) is 22.6. The number of nitrogens with two attached hydrogens (primary N) is 1. The molecular weight excluding hydrogens is 316 g/mol. The molecule has 1 saturated carbocycles. The van der Waals surface area contributed by atoms with Crippen LogP contribution < -0.4 is 5.73 Å². The maximum atomic E-state index is 12.6. The van der Waals surface area contributed by atoms with Crippen molar-refractivity contribution in [2.45, 2.75) is 38.6 Å². The number of carbonyl (C=O) groups is 1. The van der Waals surface area contributed by atoms with Gasteiger partial charge in [-0.05, 0) is 49.9 Å². The van der Waals surface area contributed by atoms with E-state index in [0.717, 1.165) is 28.4 Å². The molecular formula is C16H23BrN2O. The topological polar surface area (TPSA) is 46.3 Å². The van der Waals surface area contributed by atoms with Gasteiger partial charge in [0.2, 0.25) is 0 Å². The van der Waals surface area contributed by atoms with Crippen LogP contribution >= 0.6 is 15.9 Å². The third-order valence-electron chi connectivity index (χ3n) is 4.41. The predicted molar refractivity (Wildman–Crippen MR) is 85.8 cm³/mol. The Labute approximate surface area is 129 Å². The first kappa shape index (κ1) is 15.5.